The van der Waals surface area contributed by atoms with Crippen molar-refractivity contribution >= 4 is 0 Å². The van der Waals surface area contributed by atoms with Crippen LogP contribution in [0, 0.1) is 5.82 Å². The van der Waals surface area contributed by atoms with E-state index in [4.69, 9.17) is 4.74 Å². The second-order valence-corrected chi connectivity index (χ2v) is 4.21. The summed E-state index contributed by atoms with van der Waals surface area (Å²) in [4.78, 5) is 0. The van der Waals surface area contributed by atoms with Gasteiger partial charge in [-0.3, -0.25) is 0 Å². The third-order valence-corrected chi connectivity index (χ3v) is 2.72. The molecule has 0 unspecified atom stereocenters. The van der Waals surface area contributed by atoms with E-state index in [0.717, 1.165) is 38.1 Å². The molecule has 1 heterocycles. The van der Waals surface area contributed by atoms with Gasteiger partial charge in [-0.15, -0.1) is 13.2 Å². The zero-order valence-electron chi connectivity index (χ0n) is 9.97. The summed E-state index contributed by atoms with van der Waals surface area (Å²) in [6.45, 7) is 1.56. The van der Waals surface area contributed by atoms with Crippen molar-refractivity contribution in [3.63, 3.8) is 0 Å². The average Bonchev–Trinajstić information content (AvgIpc) is 2.32. The summed E-state index contributed by atoms with van der Waals surface area (Å²) in [5.41, 5.74) is 0. The predicted molar refractivity (Wildman–Crippen MR) is 59.6 cm³/mol. The lowest BCUT2D eigenvalue weighted by Gasteiger charge is -2.24. The van der Waals surface area contributed by atoms with Gasteiger partial charge in [0.1, 0.15) is 11.9 Å². The molecule has 1 fully saturated rings. The van der Waals surface area contributed by atoms with Crippen LogP contribution in [-0.4, -0.2) is 25.6 Å². The quantitative estimate of drug-likeness (QED) is 0.863. The molecule has 1 N–H and O–H groups in total. The second-order valence-electron chi connectivity index (χ2n) is 4.21. The van der Waals surface area contributed by atoms with Gasteiger partial charge in [-0.2, -0.15) is 0 Å². The first-order valence-corrected chi connectivity index (χ1v) is 5.87. The van der Waals surface area contributed by atoms with E-state index in [9.17, 15) is 17.6 Å². The highest BCUT2D eigenvalue weighted by Gasteiger charge is 2.31. The number of halogens is 4. The summed E-state index contributed by atoms with van der Waals surface area (Å²) in [7, 11) is 0. The number of nitrogens with one attached hydrogen (secondary N) is 1. The van der Waals surface area contributed by atoms with Gasteiger partial charge >= 0.3 is 6.36 Å². The summed E-state index contributed by atoms with van der Waals surface area (Å²) in [6, 6.07) is 2.86. The van der Waals surface area contributed by atoms with Crippen LogP contribution < -0.4 is 14.8 Å². The summed E-state index contributed by atoms with van der Waals surface area (Å²) in [5.74, 6) is -1.51. The van der Waals surface area contributed by atoms with Gasteiger partial charge in [0.15, 0.2) is 11.6 Å². The van der Waals surface area contributed by atoms with E-state index in [0.29, 0.717) is 6.07 Å². The van der Waals surface area contributed by atoms with E-state index >= 15 is 0 Å². The van der Waals surface area contributed by atoms with Gasteiger partial charge < -0.3 is 14.8 Å². The van der Waals surface area contributed by atoms with Crippen LogP contribution in [0.25, 0.3) is 0 Å². The first-order chi connectivity index (χ1) is 8.94. The van der Waals surface area contributed by atoms with Crippen molar-refractivity contribution in [2.45, 2.75) is 25.3 Å². The first kappa shape index (κ1) is 13.9. The van der Waals surface area contributed by atoms with E-state index in [1.807, 2.05) is 0 Å². The highest BCUT2D eigenvalue weighted by Crippen LogP contribution is 2.28. The lowest BCUT2D eigenvalue weighted by molar-refractivity contribution is -0.274. The molecule has 0 amide bonds. The van der Waals surface area contributed by atoms with Gasteiger partial charge in [-0.25, -0.2) is 4.39 Å². The Morgan fingerprint density at radius 3 is 2.42 bits per heavy atom. The Morgan fingerprint density at radius 2 is 1.84 bits per heavy atom. The fraction of sp³-hybridized carbons (Fsp3) is 0.500. The molecule has 0 saturated carbocycles. The van der Waals surface area contributed by atoms with Crippen molar-refractivity contribution in [2.24, 2.45) is 0 Å². The Bertz CT molecular complexity index is 430. The Hall–Kier alpha value is -1.50. The maximum absolute atomic E-state index is 13.6. The van der Waals surface area contributed by atoms with Crippen LogP contribution in [0.4, 0.5) is 17.6 Å². The molecular weight excluding hydrogens is 266 g/mol. The highest BCUT2D eigenvalue weighted by molar-refractivity contribution is 5.33. The molecule has 0 radical (unpaired) electrons. The molecule has 1 aliphatic rings. The maximum atomic E-state index is 13.6. The normalized spacial score (nSPS) is 17.3. The van der Waals surface area contributed by atoms with Gasteiger partial charge in [0.05, 0.1) is 0 Å². The monoisotopic (exact) mass is 279 g/mol. The van der Waals surface area contributed by atoms with Gasteiger partial charge in [0.2, 0.25) is 0 Å². The molecule has 19 heavy (non-hydrogen) atoms. The van der Waals surface area contributed by atoms with E-state index < -0.39 is 17.9 Å². The topological polar surface area (TPSA) is 30.5 Å². The molecule has 0 bridgehead atoms. The van der Waals surface area contributed by atoms with Crippen molar-refractivity contribution in [3.05, 3.63) is 24.0 Å². The molecule has 1 aromatic rings. The maximum Gasteiger partial charge on any atom is 0.573 e. The van der Waals surface area contributed by atoms with E-state index in [1.54, 1.807) is 0 Å². The zero-order chi connectivity index (χ0) is 13.9. The Balaban J connectivity index is 2.02. The smallest absolute Gasteiger partial charge is 0.487 e. The molecule has 0 atom stereocenters. The SMILES string of the molecule is Fc1cc(OC(F)(F)F)ccc1OC1CCNCC1. The second kappa shape index (κ2) is 5.64. The van der Waals surface area contributed by atoms with Crippen LogP contribution in [0.15, 0.2) is 18.2 Å². The minimum atomic E-state index is -4.83. The number of piperidine rings is 1. The van der Waals surface area contributed by atoms with Gasteiger partial charge in [-0.1, -0.05) is 0 Å². The third-order valence-electron chi connectivity index (χ3n) is 2.72. The summed E-state index contributed by atoms with van der Waals surface area (Å²) < 4.78 is 58.5. The first-order valence-electron chi connectivity index (χ1n) is 5.87. The molecule has 1 aliphatic heterocycles. The van der Waals surface area contributed by atoms with Crippen LogP contribution in [0.1, 0.15) is 12.8 Å². The van der Waals surface area contributed by atoms with Crippen LogP contribution in [0.2, 0.25) is 0 Å². The molecule has 0 spiro atoms. The van der Waals surface area contributed by atoms with Crippen LogP contribution in [-0.2, 0) is 0 Å². The number of benzene rings is 1. The van der Waals surface area contributed by atoms with Crippen LogP contribution >= 0.6 is 0 Å². The van der Waals surface area contributed by atoms with Crippen molar-refractivity contribution in [3.8, 4) is 11.5 Å². The van der Waals surface area contributed by atoms with Crippen LogP contribution in [0.3, 0.4) is 0 Å². The van der Waals surface area contributed by atoms with E-state index in [-0.39, 0.29) is 11.9 Å². The molecule has 2 rings (SSSR count). The van der Waals surface area contributed by atoms with Gasteiger partial charge in [0.25, 0.3) is 0 Å². The average molecular weight is 279 g/mol. The molecule has 7 heteroatoms. The van der Waals surface area contributed by atoms with Gasteiger partial charge in [0, 0.05) is 6.07 Å². The number of rotatable bonds is 3. The minimum absolute atomic E-state index is 0.0542. The fourth-order valence-electron chi connectivity index (χ4n) is 1.87. The molecule has 3 nitrogen and oxygen atoms in total. The number of ether oxygens (including phenoxy) is 2. The summed E-state index contributed by atoms with van der Waals surface area (Å²) >= 11 is 0. The molecule has 1 aromatic carbocycles. The standard InChI is InChI=1S/C12H13F4NO2/c13-10-7-9(19-12(14,15)16)1-2-11(10)18-8-3-5-17-6-4-8/h1-2,7-8,17H,3-6H2. The molecule has 1 saturated heterocycles. The van der Waals surface area contributed by atoms with Crippen molar-refractivity contribution in [1.82, 2.24) is 5.32 Å². The number of hydrogen-bond donors (Lipinski definition) is 1. The van der Waals surface area contributed by atoms with Crippen LogP contribution in [0.5, 0.6) is 11.5 Å². The minimum Gasteiger partial charge on any atom is -0.487 e. The third kappa shape index (κ3) is 4.27. The summed E-state index contributed by atoms with van der Waals surface area (Å²) in [5, 5.41) is 3.13. The van der Waals surface area contributed by atoms with Gasteiger partial charge in [-0.05, 0) is 38.1 Å². The van der Waals surface area contributed by atoms with Crippen molar-refractivity contribution in [2.75, 3.05) is 13.1 Å². The predicted octanol–water partition coefficient (Wildman–Crippen LogP) is 2.86. The van der Waals surface area contributed by atoms with E-state index in [2.05, 4.69) is 10.1 Å². The lowest BCUT2D eigenvalue weighted by atomic mass is 10.1. The molecular formula is C12H13F4NO2. The zero-order valence-corrected chi connectivity index (χ0v) is 9.97. The number of hydrogen-bond acceptors (Lipinski definition) is 3. The van der Waals surface area contributed by atoms with Crippen molar-refractivity contribution < 1.29 is 27.0 Å². The molecule has 0 aromatic heterocycles. The molecule has 106 valence electrons. The summed E-state index contributed by atoms with van der Waals surface area (Å²) in [6.07, 6.45) is -3.48. The Morgan fingerprint density at radius 1 is 1.16 bits per heavy atom. The Labute approximate surface area is 107 Å². The molecule has 0 aliphatic carbocycles. The highest BCUT2D eigenvalue weighted by atomic mass is 19.4. The largest absolute Gasteiger partial charge is 0.573 e. The lowest BCUT2D eigenvalue weighted by Crippen LogP contribution is -2.34. The fourth-order valence-corrected chi connectivity index (χ4v) is 1.87. The Kier molecular flexibility index (Phi) is 4.14. The van der Waals surface area contributed by atoms with E-state index in [1.165, 1.54) is 0 Å². The van der Waals surface area contributed by atoms with Crippen molar-refractivity contribution in [1.29, 1.82) is 0 Å². The number of alkyl halides is 3.